The van der Waals surface area contributed by atoms with E-state index in [1.807, 2.05) is 37.8 Å². The second kappa shape index (κ2) is 8.22. The first-order valence-electron chi connectivity index (χ1n) is 7.41. The summed E-state index contributed by atoms with van der Waals surface area (Å²) in [7, 11) is 0. The molecule has 1 unspecified atom stereocenters. The number of rotatable bonds is 8. The zero-order chi connectivity index (χ0) is 15.1. The Bertz CT molecular complexity index is 409. The van der Waals surface area contributed by atoms with Crippen LogP contribution in [0.15, 0.2) is 18.2 Å². The van der Waals surface area contributed by atoms with E-state index in [1.54, 1.807) is 6.07 Å². The first-order chi connectivity index (χ1) is 9.51. The number of nitrogens with zero attached hydrogens (tertiary/aromatic N) is 1. The van der Waals surface area contributed by atoms with Crippen molar-refractivity contribution in [3.05, 3.63) is 29.6 Å². The van der Waals surface area contributed by atoms with E-state index in [2.05, 4.69) is 12.2 Å². The molecule has 1 aromatic rings. The molecule has 4 heteroatoms. The lowest BCUT2D eigenvalue weighted by molar-refractivity contribution is 0.298. The van der Waals surface area contributed by atoms with E-state index in [0.29, 0.717) is 12.2 Å². The predicted octanol–water partition coefficient (Wildman–Crippen LogP) is 3.09. The highest BCUT2D eigenvalue weighted by atomic mass is 19.1. The number of aliphatic hydroxyl groups excluding tert-OH is 1. The SMILES string of the molecule is CCCNC(C)c1ccc(N(CCO)C(C)C)c(F)c1. The maximum absolute atomic E-state index is 14.3. The maximum Gasteiger partial charge on any atom is 0.146 e. The largest absolute Gasteiger partial charge is 0.395 e. The standard InChI is InChI=1S/C16H27FN2O/c1-5-8-18-13(4)14-6-7-16(15(17)11-14)19(9-10-20)12(2)3/h6-7,11-13,18,20H,5,8-10H2,1-4H3. The molecule has 0 saturated heterocycles. The first kappa shape index (κ1) is 16.9. The lowest BCUT2D eigenvalue weighted by Gasteiger charge is -2.29. The van der Waals surface area contributed by atoms with Gasteiger partial charge in [0.1, 0.15) is 5.82 Å². The van der Waals surface area contributed by atoms with Gasteiger partial charge in [-0.2, -0.15) is 0 Å². The molecule has 0 saturated carbocycles. The van der Waals surface area contributed by atoms with Crippen molar-refractivity contribution in [3.8, 4) is 0 Å². The van der Waals surface area contributed by atoms with E-state index in [9.17, 15) is 4.39 Å². The normalized spacial score (nSPS) is 12.8. The summed E-state index contributed by atoms with van der Waals surface area (Å²) < 4.78 is 14.3. The van der Waals surface area contributed by atoms with Gasteiger partial charge in [-0.15, -0.1) is 0 Å². The molecule has 0 amide bonds. The Morgan fingerprint density at radius 2 is 2.00 bits per heavy atom. The van der Waals surface area contributed by atoms with Crippen LogP contribution in [0.5, 0.6) is 0 Å². The van der Waals surface area contributed by atoms with Crippen molar-refractivity contribution in [1.82, 2.24) is 5.32 Å². The number of hydrogen-bond acceptors (Lipinski definition) is 3. The van der Waals surface area contributed by atoms with Crippen molar-refractivity contribution in [2.24, 2.45) is 0 Å². The first-order valence-corrected chi connectivity index (χ1v) is 7.41. The summed E-state index contributed by atoms with van der Waals surface area (Å²) in [5.41, 5.74) is 1.51. The molecule has 0 heterocycles. The van der Waals surface area contributed by atoms with Crippen LogP contribution in [-0.4, -0.2) is 30.8 Å². The second-order valence-electron chi connectivity index (χ2n) is 5.40. The Kier molecular flexibility index (Phi) is 6.96. The summed E-state index contributed by atoms with van der Waals surface area (Å²) in [6, 6.07) is 5.65. The molecule has 0 aliphatic carbocycles. The van der Waals surface area contributed by atoms with E-state index in [1.165, 1.54) is 0 Å². The van der Waals surface area contributed by atoms with Crippen molar-refractivity contribution >= 4 is 5.69 Å². The predicted molar refractivity (Wildman–Crippen MR) is 82.7 cm³/mol. The van der Waals surface area contributed by atoms with Crippen molar-refractivity contribution < 1.29 is 9.50 Å². The lowest BCUT2D eigenvalue weighted by atomic mass is 10.1. The molecule has 2 N–H and O–H groups in total. The molecule has 114 valence electrons. The van der Waals surface area contributed by atoms with Crippen molar-refractivity contribution in [1.29, 1.82) is 0 Å². The summed E-state index contributed by atoms with van der Waals surface area (Å²) in [6.07, 6.45) is 1.06. The van der Waals surface area contributed by atoms with Crippen molar-refractivity contribution in [2.45, 2.75) is 46.2 Å². The third-order valence-electron chi connectivity index (χ3n) is 3.45. The highest BCUT2D eigenvalue weighted by Crippen LogP contribution is 2.25. The maximum atomic E-state index is 14.3. The molecular formula is C16H27FN2O. The van der Waals surface area contributed by atoms with Crippen LogP contribution in [0.4, 0.5) is 10.1 Å². The van der Waals surface area contributed by atoms with Crippen LogP contribution in [0.2, 0.25) is 0 Å². The van der Waals surface area contributed by atoms with E-state index in [4.69, 9.17) is 5.11 Å². The number of hydrogen-bond donors (Lipinski definition) is 2. The average molecular weight is 282 g/mol. The van der Waals surface area contributed by atoms with Crippen molar-refractivity contribution in [3.63, 3.8) is 0 Å². The summed E-state index contributed by atoms with van der Waals surface area (Å²) in [5, 5.41) is 12.5. The van der Waals surface area contributed by atoms with E-state index < -0.39 is 0 Å². The van der Waals surface area contributed by atoms with Crippen LogP contribution in [-0.2, 0) is 0 Å². The third-order valence-corrected chi connectivity index (χ3v) is 3.45. The van der Waals surface area contributed by atoms with Gasteiger partial charge in [0.2, 0.25) is 0 Å². The molecule has 0 fully saturated rings. The van der Waals surface area contributed by atoms with Crippen molar-refractivity contribution in [2.75, 3.05) is 24.6 Å². The van der Waals surface area contributed by atoms with Gasteiger partial charge in [-0.05, 0) is 51.4 Å². The fourth-order valence-electron chi connectivity index (χ4n) is 2.27. The minimum absolute atomic E-state index is 0.0217. The molecule has 1 atom stereocenters. The quantitative estimate of drug-likeness (QED) is 0.769. The summed E-state index contributed by atoms with van der Waals surface area (Å²) in [6.45, 7) is 9.53. The van der Waals surface area contributed by atoms with Gasteiger partial charge < -0.3 is 15.3 Å². The lowest BCUT2D eigenvalue weighted by Crippen LogP contribution is -2.34. The van der Waals surface area contributed by atoms with Crippen LogP contribution >= 0.6 is 0 Å². The Balaban J connectivity index is 2.91. The van der Waals surface area contributed by atoms with Gasteiger partial charge in [-0.3, -0.25) is 0 Å². The Hall–Kier alpha value is -1.13. The summed E-state index contributed by atoms with van der Waals surface area (Å²) in [4.78, 5) is 1.88. The van der Waals surface area contributed by atoms with Gasteiger partial charge in [-0.1, -0.05) is 13.0 Å². The number of anilines is 1. The number of nitrogens with one attached hydrogen (secondary N) is 1. The van der Waals surface area contributed by atoms with Crippen LogP contribution < -0.4 is 10.2 Å². The van der Waals surface area contributed by atoms with E-state index >= 15 is 0 Å². The fraction of sp³-hybridized carbons (Fsp3) is 0.625. The average Bonchev–Trinajstić information content (AvgIpc) is 2.42. The van der Waals surface area contributed by atoms with Crippen LogP contribution in [0.1, 0.15) is 45.7 Å². The number of aliphatic hydroxyl groups is 1. The molecule has 1 rings (SSSR count). The summed E-state index contributed by atoms with van der Waals surface area (Å²) in [5.74, 6) is -0.227. The number of halogens is 1. The Morgan fingerprint density at radius 3 is 2.50 bits per heavy atom. The molecule has 1 aromatic carbocycles. The molecule has 0 aliphatic heterocycles. The molecular weight excluding hydrogens is 255 g/mol. The monoisotopic (exact) mass is 282 g/mol. The van der Waals surface area contributed by atoms with Crippen LogP contribution in [0, 0.1) is 5.82 Å². The highest BCUT2D eigenvalue weighted by molar-refractivity contribution is 5.50. The van der Waals surface area contributed by atoms with Gasteiger partial charge in [0.05, 0.1) is 12.3 Å². The van der Waals surface area contributed by atoms with Gasteiger partial charge in [0, 0.05) is 18.6 Å². The highest BCUT2D eigenvalue weighted by Gasteiger charge is 2.16. The molecule has 0 radical (unpaired) electrons. The Labute approximate surface area is 121 Å². The van der Waals surface area contributed by atoms with Gasteiger partial charge in [0.25, 0.3) is 0 Å². The smallest absolute Gasteiger partial charge is 0.146 e. The zero-order valence-electron chi connectivity index (χ0n) is 13.0. The topological polar surface area (TPSA) is 35.5 Å². The zero-order valence-corrected chi connectivity index (χ0v) is 13.0. The summed E-state index contributed by atoms with van der Waals surface area (Å²) >= 11 is 0. The number of benzene rings is 1. The molecule has 0 aliphatic rings. The molecule has 20 heavy (non-hydrogen) atoms. The Morgan fingerprint density at radius 1 is 1.30 bits per heavy atom. The fourth-order valence-corrected chi connectivity index (χ4v) is 2.27. The van der Waals surface area contributed by atoms with E-state index in [0.717, 1.165) is 18.5 Å². The minimum atomic E-state index is -0.227. The molecule has 0 spiro atoms. The second-order valence-corrected chi connectivity index (χ2v) is 5.40. The van der Waals surface area contributed by atoms with E-state index in [-0.39, 0.29) is 24.5 Å². The van der Waals surface area contributed by atoms with Crippen LogP contribution in [0.3, 0.4) is 0 Å². The van der Waals surface area contributed by atoms with Gasteiger partial charge in [0.15, 0.2) is 0 Å². The molecule has 0 aromatic heterocycles. The molecule has 3 nitrogen and oxygen atoms in total. The van der Waals surface area contributed by atoms with Gasteiger partial charge in [-0.25, -0.2) is 4.39 Å². The van der Waals surface area contributed by atoms with Crippen LogP contribution in [0.25, 0.3) is 0 Å². The minimum Gasteiger partial charge on any atom is -0.395 e. The third kappa shape index (κ3) is 4.46. The van der Waals surface area contributed by atoms with Gasteiger partial charge >= 0.3 is 0 Å². The molecule has 0 bridgehead atoms.